The Morgan fingerprint density at radius 3 is 1.13 bits per heavy atom. The lowest BCUT2D eigenvalue weighted by molar-refractivity contribution is -0.112. The number of hydrogen-bond donors (Lipinski definition) is 6. The van der Waals surface area contributed by atoms with Gasteiger partial charge >= 0.3 is 0 Å². The Labute approximate surface area is 812 Å². The monoisotopic (exact) mass is 1930 g/mol. The molecule has 0 spiro atoms. The second-order valence-electron chi connectivity index (χ2n) is 36.9. The molecule has 10 fully saturated rings. The summed E-state index contributed by atoms with van der Waals surface area (Å²) in [5, 5.41) is 23.7. The molecule has 6 atom stereocenters. The molecule has 38 heteroatoms. The molecule has 10 aliphatic heterocycles. The standard InChI is InChI=1S/C35H45FN8O3.C34H42F2N8O3.C33H37F2N7O4/c1-6-35(45)40-28-18-29(32(46-5)19-31(28)42-11-7-26(8-12-42)43-13-9-27(21-43)41(3)4)39-33-20-34(38-22-37-33)44-30(10-14-47-44)24-15-23(2)16-25(36)17-24;1-4-34(45)40-27-19-28(31(46-3)20-30(27)43-9-6-26(7-10-43)42-13-11-41(5-2)12-14-42)39-32-21-33(38-22-37-32)44-29(8-15-47-44)23-16-24(35)18-25(36)17-23;1-3-33(43)39-26-14-27(30(44-2)15-29(26)40-7-4-23(5-8-40)41-17-25-13-24(41)18-45-25)38-31-16-32(37-19-36-31)42-28(6-9-46-42)20-10-21(34)12-22(35)11-20/h6,15-20,22,26-27,30H,1,7-14,21H2,2-5H3,(H,40,45)(H,37,38,39);4,16-22,26,29H,1,5-15H2,2-3H3,(H,40,45)(H,37,38,39);3,10-12,14-16,19,23-25,28H,1,4-9,13,17-18H2,2H3,(H,39,43)(H,36,37,38)/t27-,30-;29-;24-,25-,28-/m111/s1. The van der Waals surface area contributed by atoms with Crippen LogP contribution in [-0.2, 0) is 33.6 Å². The number of piperazine rings is 1. The first kappa shape index (κ1) is 98.7. The smallest absolute Gasteiger partial charge is 0.247 e. The molecule has 140 heavy (non-hydrogen) atoms. The molecule has 6 aromatic carbocycles. The summed E-state index contributed by atoms with van der Waals surface area (Å²) >= 11 is 0. The summed E-state index contributed by atoms with van der Waals surface area (Å²) in [6.07, 6.45) is 18.7. The van der Waals surface area contributed by atoms with E-state index in [2.05, 4.69) is 142 Å². The van der Waals surface area contributed by atoms with E-state index in [1.165, 1.54) is 74.0 Å². The molecular formula is C102H124F5N23O10. The Morgan fingerprint density at radius 1 is 0.421 bits per heavy atom. The van der Waals surface area contributed by atoms with Crippen LogP contribution in [0.15, 0.2) is 166 Å². The van der Waals surface area contributed by atoms with Crippen LogP contribution in [0.5, 0.6) is 17.2 Å². The molecule has 742 valence electrons. The SMILES string of the molecule is C=CC(=O)Nc1cc(Nc2cc(N3OCC[C@@H]3c3cc(C)cc(F)c3)ncn2)c(OC)cc1N1CCC(N2CC[C@@H](N(C)C)C2)CC1.C=CC(=O)Nc1cc(Nc2cc(N3OCC[C@@H]3c3cc(F)cc(F)c3)ncn2)c(OC)cc1N1CCC(N2CCN(CC)CC2)CC1.C=CC(=O)Nc1cc(Nc2cc(N3OCC[C@@H]3c3cc(F)cc(F)c3)ncn2)c(OC)cc1N1CCC(N2C[C@H]3C[C@@H]2CO3)CC1. The fourth-order valence-corrected chi connectivity index (χ4v) is 20.9. The number of morpholine rings is 1. The number of amides is 3. The summed E-state index contributed by atoms with van der Waals surface area (Å²) in [5.41, 5.74) is 8.89. The number of hydroxylamine groups is 3. The lowest BCUT2D eigenvalue weighted by Crippen LogP contribution is -2.53. The van der Waals surface area contributed by atoms with Crippen molar-refractivity contribution in [2.75, 3.05) is 215 Å². The van der Waals surface area contributed by atoms with E-state index in [4.69, 9.17) is 33.5 Å². The van der Waals surface area contributed by atoms with Crippen molar-refractivity contribution >= 4 is 104 Å². The number of piperidine rings is 3. The molecule has 0 aliphatic carbocycles. The van der Waals surface area contributed by atoms with Crippen molar-refractivity contribution in [3.63, 3.8) is 0 Å². The van der Waals surface area contributed by atoms with Crippen molar-refractivity contribution in [3.8, 4) is 17.2 Å². The van der Waals surface area contributed by atoms with Gasteiger partial charge in [-0.25, -0.2) is 67.0 Å². The summed E-state index contributed by atoms with van der Waals surface area (Å²) in [4.78, 5) is 101. The first-order valence-electron chi connectivity index (χ1n) is 48.1. The zero-order chi connectivity index (χ0) is 97.8. The third kappa shape index (κ3) is 23.4. The number of fused-ring (bicyclic) bond motifs is 2. The molecule has 19 rings (SSSR count). The van der Waals surface area contributed by atoms with Gasteiger partial charge in [-0.1, -0.05) is 32.7 Å². The molecule has 3 aromatic heterocycles. The average Bonchev–Trinajstić information content (AvgIpc) is 1.35. The van der Waals surface area contributed by atoms with E-state index in [1.807, 2.05) is 49.4 Å². The summed E-state index contributed by atoms with van der Waals surface area (Å²) in [7, 11) is 9.15. The summed E-state index contributed by atoms with van der Waals surface area (Å²) in [6.45, 7) is 31.0. The molecular weight excluding hydrogens is 1800 g/mol. The van der Waals surface area contributed by atoms with Gasteiger partial charge in [-0.3, -0.25) is 43.6 Å². The molecule has 13 heterocycles. The largest absolute Gasteiger partial charge is 0.494 e. The highest BCUT2D eigenvalue weighted by molar-refractivity contribution is 6.04. The molecule has 10 saturated heterocycles. The van der Waals surface area contributed by atoms with E-state index >= 15 is 0 Å². The first-order valence-corrected chi connectivity index (χ1v) is 48.1. The number of likely N-dealkylation sites (tertiary alicyclic amines) is 2. The predicted molar refractivity (Wildman–Crippen MR) is 531 cm³/mol. The average molecular weight is 1930 g/mol. The van der Waals surface area contributed by atoms with Gasteiger partial charge < -0.3 is 75.3 Å². The lowest BCUT2D eigenvalue weighted by Gasteiger charge is -2.43. The molecule has 33 nitrogen and oxygen atoms in total. The summed E-state index contributed by atoms with van der Waals surface area (Å²) < 4.78 is 93.5. The Hall–Kier alpha value is -12.9. The van der Waals surface area contributed by atoms with Crippen molar-refractivity contribution < 1.29 is 69.8 Å². The number of benzene rings is 6. The van der Waals surface area contributed by atoms with Crippen molar-refractivity contribution in [1.82, 2.24) is 54.4 Å². The van der Waals surface area contributed by atoms with Gasteiger partial charge in [-0.2, -0.15) is 0 Å². The van der Waals surface area contributed by atoms with Crippen LogP contribution in [0, 0.1) is 36.0 Å². The Balaban J connectivity index is 0.000000145. The van der Waals surface area contributed by atoms with Crippen molar-refractivity contribution in [2.45, 2.75) is 139 Å². The van der Waals surface area contributed by atoms with Crippen LogP contribution in [0.1, 0.15) is 118 Å². The van der Waals surface area contributed by atoms with Crippen LogP contribution in [0.2, 0.25) is 0 Å². The summed E-state index contributed by atoms with van der Waals surface area (Å²) in [5.74, 6) is 0.678. The zero-order valence-electron chi connectivity index (χ0n) is 80.3. The number of aryl methyl sites for hydroxylation is 1. The first-order chi connectivity index (χ1) is 67.9. The number of methoxy groups -OCH3 is 3. The van der Waals surface area contributed by atoms with Gasteiger partial charge in [-0.05, 0) is 174 Å². The highest BCUT2D eigenvalue weighted by Crippen LogP contribution is 2.47. The number of hydrogen-bond acceptors (Lipinski definition) is 30. The molecule has 2 bridgehead atoms. The van der Waals surface area contributed by atoms with Crippen molar-refractivity contribution in [2.24, 2.45) is 0 Å². The Bertz CT molecular complexity index is 5850. The van der Waals surface area contributed by atoms with Gasteiger partial charge in [0.15, 0.2) is 17.5 Å². The second kappa shape index (κ2) is 45.1. The summed E-state index contributed by atoms with van der Waals surface area (Å²) in [6, 6.07) is 30.1. The number of aromatic nitrogens is 6. The lowest BCUT2D eigenvalue weighted by atomic mass is 10.0. The molecule has 3 amide bonds. The van der Waals surface area contributed by atoms with Gasteiger partial charge in [0.25, 0.3) is 0 Å². The number of carbonyl (C=O) groups excluding carboxylic acids is 3. The maximum Gasteiger partial charge on any atom is 0.247 e. The minimum Gasteiger partial charge on any atom is -0.494 e. The minimum absolute atomic E-state index is 0.189. The van der Waals surface area contributed by atoms with E-state index in [9.17, 15) is 36.3 Å². The van der Waals surface area contributed by atoms with Gasteiger partial charge in [0.05, 0.1) is 123 Å². The molecule has 0 saturated carbocycles. The third-order valence-corrected chi connectivity index (χ3v) is 28.0. The van der Waals surface area contributed by atoms with Crippen molar-refractivity contribution in [1.29, 1.82) is 0 Å². The van der Waals surface area contributed by atoms with Crippen molar-refractivity contribution in [3.05, 3.63) is 217 Å². The molecule has 0 radical (unpaired) electrons. The second-order valence-corrected chi connectivity index (χ2v) is 36.9. The molecule has 9 aromatic rings. The quantitative estimate of drug-likeness (QED) is 0.0187. The minimum atomic E-state index is -0.653. The van der Waals surface area contributed by atoms with Gasteiger partial charge in [-0.15, -0.1) is 0 Å². The van der Waals surface area contributed by atoms with E-state index < -0.39 is 35.4 Å². The number of carbonyl (C=O) groups is 3. The molecule has 0 unspecified atom stereocenters. The number of likely N-dealkylation sites (N-methyl/N-ethyl adjacent to an activating group) is 2. The van der Waals surface area contributed by atoms with Gasteiger partial charge in [0, 0.05) is 183 Å². The normalized spacial score (nSPS) is 21.1. The van der Waals surface area contributed by atoms with E-state index in [1.54, 1.807) is 60.8 Å². The fraction of sp³-hybridized carbons (Fsp3) is 0.441. The van der Waals surface area contributed by atoms with Crippen LogP contribution >= 0.6 is 0 Å². The van der Waals surface area contributed by atoms with Crippen LogP contribution in [0.4, 0.5) is 108 Å². The number of rotatable bonds is 29. The Morgan fingerprint density at radius 2 is 0.793 bits per heavy atom. The molecule has 6 N–H and O–H groups in total. The number of ether oxygens (including phenoxy) is 4. The maximum absolute atomic E-state index is 14.2. The maximum atomic E-state index is 14.2. The highest BCUT2D eigenvalue weighted by Gasteiger charge is 2.44. The van der Waals surface area contributed by atoms with Crippen LogP contribution in [-0.4, -0.2) is 262 Å². The fourth-order valence-electron chi connectivity index (χ4n) is 20.9. The number of nitrogens with one attached hydrogen (secondary N) is 6. The van der Waals surface area contributed by atoms with E-state index in [0.29, 0.717) is 173 Å². The predicted octanol–water partition coefficient (Wildman–Crippen LogP) is 15.4. The third-order valence-electron chi connectivity index (χ3n) is 28.0. The van der Waals surface area contributed by atoms with E-state index in [0.717, 1.165) is 184 Å². The Kier molecular flexibility index (Phi) is 31.8. The van der Waals surface area contributed by atoms with E-state index in [-0.39, 0.29) is 29.6 Å². The van der Waals surface area contributed by atoms with Gasteiger partial charge in [0.2, 0.25) is 17.7 Å². The van der Waals surface area contributed by atoms with Gasteiger partial charge in [0.1, 0.15) is 82.8 Å². The number of nitrogens with zero attached hydrogens (tertiary/aromatic N) is 17. The van der Waals surface area contributed by atoms with Crippen LogP contribution < -0.4 is 76.0 Å². The van der Waals surface area contributed by atoms with Crippen LogP contribution in [0.3, 0.4) is 0 Å². The number of halogens is 5. The van der Waals surface area contributed by atoms with Crippen LogP contribution in [0.25, 0.3) is 0 Å². The highest BCUT2D eigenvalue weighted by atomic mass is 19.1. The zero-order valence-corrected chi connectivity index (χ0v) is 80.3. The molecule has 10 aliphatic rings. The number of anilines is 15. The topological polar surface area (TPSA) is 301 Å².